The maximum Gasteiger partial charge on any atom is 0.333 e. The van der Waals surface area contributed by atoms with E-state index in [9.17, 15) is 19.8 Å². The van der Waals surface area contributed by atoms with Gasteiger partial charge in [0.1, 0.15) is 0 Å². The number of hydrogen-bond donors (Lipinski definition) is 2. The Morgan fingerprint density at radius 1 is 1.00 bits per heavy atom. The lowest BCUT2D eigenvalue weighted by Gasteiger charge is -2.12. The van der Waals surface area contributed by atoms with Crippen LogP contribution in [0.4, 0.5) is 0 Å². The van der Waals surface area contributed by atoms with Crippen LogP contribution in [0.2, 0.25) is 0 Å². The van der Waals surface area contributed by atoms with Crippen molar-refractivity contribution in [1.29, 1.82) is 0 Å². The molecule has 0 aliphatic heterocycles. The van der Waals surface area contributed by atoms with Crippen LogP contribution in [0.15, 0.2) is 54.6 Å². The summed E-state index contributed by atoms with van der Waals surface area (Å²) in [5.41, 5.74) is 0.693. The molecular formula is C20H20O6. The summed E-state index contributed by atoms with van der Waals surface area (Å²) in [7, 11) is 0. The number of phenols is 2. The highest BCUT2D eigenvalue weighted by atomic mass is 16.5. The standard InChI is InChI=1S/C20H20O6/c1-13(2)20(24)26-12-6-11-25-16-10-9-15(18(22)19(16)23)17(21)14-7-4-3-5-8-14/h3-5,7-10,22-23H,1,6,11-12H2,2H3. The van der Waals surface area contributed by atoms with Gasteiger partial charge in [0.25, 0.3) is 0 Å². The molecule has 2 aromatic rings. The molecule has 0 atom stereocenters. The van der Waals surface area contributed by atoms with E-state index < -0.39 is 23.3 Å². The minimum atomic E-state index is -0.537. The van der Waals surface area contributed by atoms with E-state index in [1.54, 1.807) is 37.3 Å². The number of carbonyl (C=O) groups is 2. The summed E-state index contributed by atoms with van der Waals surface area (Å²) in [6.07, 6.45) is 0.393. The first-order valence-corrected chi connectivity index (χ1v) is 8.02. The van der Waals surface area contributed by atoms with Gasteiger partial charge in [0.15, 0.2) is 17.3 Å². The Morgan fingerprint density at radius 2 is 1.69 bits per heavy atom. The van der Waals surface area contributed by atoms with Crippen molar-refractivity contribution in [3.8, 4) is 17.2 Å². The highest BCUT2D eigenvalue weighted by molar-refractivity contribution is 6.11. The zero-order chi connectivity index (χ0) is 19.1. The highest BCUT2D eigenvalue weighted by Crippen LogP contribution is 2.38. The zero-order valence-corrected chi connectivity index (χ0v) is 14.4. The smallest absolute Gasteiger partial charge is 0.333 e. The number of aromatic hydroxyl groups is 2. The summed E-state index contributed by atoms with van der Waals surface area (Å²) in [5.74, 6) is -1.89. The normalized spacial score (nSPS) is 10.2. The van der Waals surface area contributed by atoms with Gasteiger partial charge in [-0.15, -0.1) is 0 Å². The Bertz CT molecular complexity index is 811. The van der Waals surface area contributed by atoms with E-state index >= 15 is 0 Å². The monoisotopic (exact) mass is 356 g/mol. The van der Waals surface area contributed by atoms with Gasteiger partial charge in [-0.25, -0.2) is 4.79 Å². The first kappa shape index (κ1) is 19.1. The Labute approximate surface area is 151 Å². The molecule has 6 heteroatoms. The molecular weight excluding hydrogens is 336 g/mol. The van der Waals surface area contributed by atoms with Crippen molar-refractivity contribution in [3.63, 3.8) is 0 Å². The van der Waals surface area contributed by atoms with Crippen LogP contribution in [0, 0.1) is 0 Å². The zero-order valence-electron chi connectivity index (χ0n) is 14.4. The summed E-state index contributed by atoms with van der Waals surface area (Å²) in [6.45, 7) is 5.32. The fourth-order valence-corrected chi connectivity index (χ4v) is 2.13. The third-order valence-corrected chi connectivity index (χ3v) is 3.52. The van der Waals surface area contributed by atoms with Crippen LogP contribution in [0.1, 0.15) is 29.3 Å². The largest absolute Gasteiger partial charge is 0.504 e. The molecule has 2 rings (SSSR count). The molecule has 0 unspecified atom stereocenters. The first-order valence-electron chi connectivity index (χ1n) is 8.02. The molecule has 2 aromatic carbocycles. The van der Waals surface area contributed by atoms with Crippen LogP contribution < -0.4 is 4.74 Å². The molecule has 136 valence electrons. The second-order valence-electron chi connectivity index (χ2n) is 5.62. The summed E-state index contributed by atoms with van der Waals surface area (Å²) < 4.78 is 10.3. The SMILES string of the molecule is C=C(C)C(=O)OCCCOc1ccc(C(=O)c2ccccc2)c(O)c1O. The van der Waals surface area contributed by atoms with E-state index in [-0.39, 0.29) is 24.5 Å². The Kier molecular flexibility index (Phi) is 6.38. The number of hydrogen-bond acceptors (Lipinski definition) is 6. The molecule has 0 bridgehead atoms. The van der Waals surface area contributed by atoms with Gasteiger partial charge in [0.05, 0.1) is 18.8 Å². The topological polar surface area (TPSA) is 93.1 Å². The molecule has 0 saturated carbocycles. The van der Waals surface area contributed by atoms with E-state index in [4.69, 9.17) is 9.47 Å². The molecule has 0 aliphatic carbocycles. The lowest BCUT2D eigenvalue weighted by Crippen LogP contribution is -2.09. The average molecular weight is 356 g/mol. The third-order valence-electron chi connectivity index (χ3n) is 3.52. The van der Waals surface area contributed by atoms with Crippen molar-refractivity contribution in [2.24, 2.45) is 0 Å². The molecule has 0 aromatic heterocycles. The Morgan fingerprint density at radius 3 is 2.35 bits per heavy atom. The second-order valence-corrected chi connectivity index (χ2v) is 5.62. The van der Waals surface area contributed by atoms with Crippen molar-refractivity contribution in [1.82, 2.24) is 0 Å². The van der Waals surface area contributed by atoms with Crippen molar-refractivity contribution >= 4 is 11.8 Å². The van der Waals surface area contributed by atoms with Crippen LogP contribution in [0.3, 0.4) is 0 Å². The number of ether oxygens (including phenoxy) is 2. The molecule has 0 spiro atoms. The minimum Gasteiger partial charge on any atom is -0.504 e. The fourth-order valence-electron chi connectivity index (χ4n) is 2.13. The molecule has 26 heavy (non-hydrogen) atoms. The summed E-state index contributed by atoms with van der Waals surface area (Å²) in [5, 5.41) is 20.2. The van der Waals surface area contributed by atoms with Gasteiger partial charge in [-0.05, 0) is 19.1 Å². The number of phenolic OH excluding ortho intramolecular Hbond substituents is 2. The summed E-state index contributed by atoms with van der Waals surface area (Å²) in [4.78, 5) is 23.6. The number of benzene rings is 2. The predicted octanol–water partition coefficient (Wildman–Crippen LogP) is 3.22. The molecule has 6 nitrogen and oxygen atoms in total. The van der Waals surface area contributed by atoms with Crippen LogP contribution in [-0.4, -0.2) is 35.2 Å². The minimum absolute atomic E-state index is 0.0172. The van der Waals surface area contributed by atoms with Gasteiger partial charge in [-0.2, -0.15) is 0 Å². The van der Waals surface area contributed by atoms with Crippen LogP contribution in [0.25, 0.3) is 0 Å². The van der Waals surface area contributed by atoms with Crippen molar-refractivity contribution in [2.45, 2.75) is 13.3 Å². The Hall–Kier alpha value is -3.28. The maximum absolute atomic E-state index is 12.4. The Balaban J connectivity index is 1.98. The van der Waals surface area contributed by atoms with E-state index in [2.05, 4.69) is 6.58 Å². The molecule has 2 N–H and O–H groups in total. The lowest BCUT2D eigenvalue weighted by molar-refractivity contribution is -0.139. The lowest BCUT2D eigenvalue weighted by atomic mass is 10.0. The third kappa shape index (κ3) is 4.63. The first-order chi connectivity index (χ1) is 12.4. The molecule has 0 amide bonds. The van der Waals surface area contributed by atoms with E-state index in [0.717, 1.165) is 0 Å². The molecule has 0 radical (unpaired) electrons. The summed E-state index contributed by atoms with van der Waals surface area (Å²) >= 11 is 0. The number of esters is 1. The van der Waals surface area contributed by atoms with Crippen LogP contribution >= 0.6 is 0 Å². The van der Waals surface area contributed by atoms with Crippen molar-refractivity contribution < 1.29 is 29.3 Å². The van der Waals surface area contributed by atoms with Gasteiger partial charge in [0.2, 0.25) is 5.75 Å². The van der Waals surface area contributed by atoms with Gasteiger partial charge in [-0.3, -0.25) is 4.79 Å². The number of carbonyl (C=O) groups excluding carboxylic acids is 2. The molecule has 0 aliphatic rings. The second kappa shape index (κ2) is 8.71. The van der Waals surface area contributed by atoms with Crippen LogP contribution in [0.5, 0.6) is 17.2 Å². The molecule has 0 heterocycles. The quantitative estimate of drug-likeness (QED) is 0.248. The number of ketones is 1. The van der Waals surface area contributed by atoms with E-state index in [1.165, 1.54) is 12.1 Å². The molecule has 0 fully saturated rings. The maximum atomic E-state index is 12.4. The van der Waals surface area contributed by atoms with E-state index in [0.29, 0.717) is 17.6 Å². The predicted molar refractivity (Wildman–Crippen MR) is 95.5 cm³/mol. The molecule has 0 saturated heterocycles. The van der Waals surface area contributed by atoms with Gasteiger partial charge in [-0.1, -0.05) is 36.9 Å². The highest BCUT2D eigenvalue weighted by Gasteiger charge is 2.19. The van der Waals surface area contributed by atoms with Crippen LogP contribution in [-0.2, 0) is 9.53 Å². The van der Waals surface area contributed by atoms with E-state index in [1.807, 2.05) is 0 Å². The summed E-state index contributed by atoms with van der Waals surface area (Å²) in [6, 6.07) is 11.2. The van der Waals surface area contributed by atoms with Gasteiger partial charge >= 0.3 is 5.97 Å². The van der Waals surface area contributed by atoms with Crippen molar-refractivity contribution in [2.75, 3.05) is 13.2 Å². The average Bonchev–Trinajstić information content (AvgIpc) is 2.64. The van der Waals surface area contributed by atoms with Gasteiger partial charge < -0.3 is 19.7 Å². The van der Waals surface area contributed by atoms with Crippen molar-refractivity contribution in [3.05, 3.63) is 65.7 Å². The van der Waals surface area contributed by atoms with Gasteiger partial charge in [0, 0.05) is 17.6 Å². The fraction of sp³-hybridized carbons (Fsp3) is 0.200. The number of rotatable bonds is 8.